The summed E-state index contributed by atoms with van der Waals surface area (Å²) in [6.07, 6.45) is 7.69. The van der Waals surface area contributed by atoms with E-state index in [4.69, 9.17) is 4.99 Å². The van der Waals surface area contributed by atoms with E-state index >= 15 is 0 Å². The molecule has 0 radical (unpaired) electrons. The summed E-state index contributed by atoms with van der Waals surface area (Å²) in [5.74, 6) is 0.499. The fourth-order valence-corrected chi connectivity index (χ4v) is 7.60. The lowest BCUT2D eigenvalue weighted by atomic mass is 9.79. The Morgan fingerprint density at radius 2 is 1.19 bits per heavy atom. The predicted octanol–water partition coefficient (Wildman–Crippen LogP) is 14.3. The van der Waals surface area contributed by atoms with Gasteiger partial charge in [-0.05, 0) is 93.6 Å². The van der Waals surface area contributed by atoms with E-state index in [1.54, 1.807) is 6.07 Å². The van der Waals surface area contributed by atoms with Crippen LogP contribution in [0.1, 0.15) is 70.6 Å². The standard InChI is InChI=1S/C46H38N2O.2C2H6/c1-30(47-41-26-23-33-14-6-10-20-38(33)45(41)46-39-21-11-7-16-35(39)25-28-43(46)49)29-31(2)48(3)42-27-24-34-15-5-9-19-37(34)44(42)40-22-12-17-32-13-4-8-18-36(32)40;2*1-2/h4-21,23-29,40,49H,22H2,1-3H3;2*1-2H3/b31-29-,47-30?;;/t40-;;/m1../s1. The Morgan fingerprint density at radius 3 is 1.89 bits per heavy atom. The monoisotopic (exact) mass is 694 g/mol. The van der Waals surface area contributed by atoms with Crippen molar-refractivity contribution in [3.8, 4) is 16.9 Å². The van der Waals surface area contributed by atoms with Crippen LogP contribution in [0.15, 0.2) is 156 Å². The van der Waals surface area contributed by atoms with Gasteiger partial charge in [0.2, 0.25) is 0 Å². The maximum absolute atomic E-state index is 11.3. The van der Waals surface area contributed by atoms with Gasteiger partial charge in [-0.2, -0.15) is 0 Å². The van der Waals surface area contributed by atoms with Crippen molar-refractivity contribution in [3.63, 3.8) is 0 Å². The molecule has 1 aliphatic rings. The maximum atomic E-state index is 11.3. The van der Waals surface area contributed by atoms with Gasteiger partial charge < -0.3 is 10.0 Å². The molecule has 53 heavy (non-hydrogen) atoms. The van der Waals surface area contributed by atoms with Crippen molar-refractivity contribution in [1.29, 1.82) is 0 Å². The van der Waals surface area contributed by atoms with E-state index in [-0.39, 0.29) is 11.7 Å². The van der Waals surface area contributed by atoms with E-state index in [0.29, 0.717) is 0 Å². The molecule has 3 nitrogen and oxygen atoms in total. The summed E-state index contributed by atoms with van der Waals surface area (Å²) in [5.41, 5.74) is 9.75. The molecule has 1 N–H and O–H groups in total. The average Bonchev–Trinajstić information content (AvgIpc) is 3.21. The molecule has 0 heterocycles. The number of aliphatic imine (C=N–C) groups is 1. The molecule has 7 aromatic rings. The zero-order chi connectivity index (χ0) is 37.5. The Hall–Kier alpha value is -5.93. The van der Waals surface area contributed by atoms with Crippen molar-refractivity contribution in [1.82, 2.24) is 0 Å². The second-order valence-electron chi connectivity index (χ2n) is 13.0. The van der Waals surface area contributed by atoms with Gasteiger partial charge in [-0.25, -0.2) is 0 Å². The number of phenols is 1. The number of anilines is 1. The topological polar surface area (TPSA) is 35.8 Å². The van der Waals surface area contributed by atoms with Crippen molar-refractivity contribution in [3.05, 3.63) is 168 Å². The van der Waals surface area contributed by atoms with Crippen LogP contribution in [0, 0.1) is 0 Å². The van der Waals surface area contributed by atoms with Gasteiger partial charge in [0.05, 0.1) is 5.69 Å². The van der Waals surface area contributed by atoms with Gasteiger partial charge in [0.25, 0.3) is 0 Å². The highest BCUT2D eigenvalue weighted by Crippen LogP contribution is 2.46. The molecule has 0 saturated carbocycles. The number of hydrogen-bond donors (Lipinski definition) is 1. The Bertz CT molecular complexity index is 2480. The summed E-state index contributed by atoms with van der Waals surface area (Å²) in [6, 6.07) is 46.5. The normalized spacial score (nSPS) is 13.9. The lowest BCUT2D eigenvalue weighted by Gasteiger charge is -2.30. The molecule has 0 bridgehead atoms. The zero-order valence-corrected chi connectivity index (χ0v) is 32.1. The minimum atomic E-state index is 0.249. The number of phenolic OH excluding ortho intramolecular Hbond substituents is 1. The van der Waals surface area contributed by atoms with E-state index in [2.05, 4.69) is 153 Å². The Kier molecular flexibility index (Phi) is 11.5. The fourth-order valence-electron chi connectivity index (χ4n) is 7.60. The summed E-state index contributed by atoms with van der Waals surface area (Å²) in [6.45, 7) is 12.2. The molecule has 0 aliphatic heterocycles. The van der Waals surface area contributed by atoms with Crippen LogP contribution in [0.25, 0.3) is 49.5 Å². The summed E-state index contributed by atoms with van der Waals surface area (Å²) in [4.78, 5) is 7.54. The highest BCUT2D eigenvalue weighted by Gasteiger charge is 2.25. The van der Waals surface area contributed by atoms with Crippen molar-refractivity contribution >= 4 is 55.5 Å². The molecule has 8 rings (SSSR count). The first-order valence-electron chi connectivity index (χ1n) is 18.9. The lowest BCUT2D eigenvalue weighted by molar-refractivity contribution is 0.478. The van der Waals surface area contributed by atoms with E-state index < -0.39 is 0 Å². The van der Waals surface area contributed by atoms with E-state index in [1.165, 1.54) is 33.2 Å². The number of benzene rings is 7. The van der Waals surface area contributed by atoms with Crippen LogP contribution in [0.5, 0.6) is 5.75 Å². The molecule has 0 amide bonds. The first kappa shape index (κ1) is 36.8. The number of aromatic hydroxyl groups is 1. The molecule has 266 valence electrons. The average molecular weight is 695 g/mol. The third-order valence-corrected chi connectivity index (χ3v) is 10.0. The number of rotatable bonds is 6. The third kappa shape index (κ3) is 7.25. The smallest absolute Gasteiger partial charge is 0.124 e. The first-order valence-corrected chi connectivity index (χ1v) is 18.9. The highest BCUT2D eigenvalue weighted by atomic mass is 16.3. The van der Waals surface area contributed by atoms with E-state index in [9.17, 15) is 5.11 Å². The summed E-state index contributed by atoms with van der Waals surface area (Å²) >= 11 is 0. The van der Waals surface area contributed by atoms with Gasteiger partial charge in [0.1, 0.15) is 5.75 Å². The van der Waals surface area contributed by atoms with Gasteiger partial charge in [0, 0.05) is 41.2 Å². The number of allylic oxidation sites excluding steroid dienone is 3. The van der Waals surface area contributed by atoms with Crippen LogP contribution in [0.4, 0.5) is 11.4 Å². The molecule has 3 heteroatoms. The second kappa shape index (κ2) is 16.6. The number of nitrogens with zero attached hydrogens (tertiary/aromatic N) is 2. The van der Waals surface area contributed by atoms with Crippen LogP contribution in [0.2, 0.25) is 0 Å². The van der Waals surface area contributed by atoms with Crippen molar-refractivity contribution in [2.45, 2.75) is 53.9 Å². The van der Waals surface area contributed by atoms with Crippen molar-refractivity contribution in [2.75, 3.05) is 11.9 Å². The van der Waals surface area contributed by atoms with Crippen LogP contribution < -0.4 is 4.90 Å². The number of hydrogen-bond acceptors (Lipinski definition) is 3. The Labute approximate surface area is 315 Å². The van der Waals surface area contributed by atoms with Gasteiger partial charge >= 0.3 is 0 Å². The van der Waals surface area contributed by atoms with Crippen LogP contribution >= 0.6 is 0 Å². The molecular weight excluding hydrogens is 645 g/mol. The molecule has 0 aromatic heterocycles. The number of fused-ring (bicyclic) bond motifs is 4. The Morgan fingerprint density at radius 1 is 0.642 bits per heavy atom. The minimum Gasteiger partial charge on any atom is -0.507 e. The summed E-state index contributed by atoms with van der Waals surface area (Å²) in [7, 11) is 2.16. The maximum Gasteiger partial charge on any atom is 0.124 e. The van der Waals surface area contributed by atoms with Crippen molar-refractivity contribution < 1.29 is 5.11 Å². The largest absolute Gasteiger partial charge is 0.507 e. The highest BCUT2D eigenvalue weighted by molar-refractivity contribution is 6.12. The second-order valence-corrected chi connectivity index (χ2v) is 13.0. The molecule has 0 spiro atoms. The van der Waals surface area contributed by atoms with Crippen LogP contribution in [-0.4, -0.2) is 17.9 Å². The SMILES string of the molecule is CC.CC.CC(/C=C(/C)N(C)c1ccc2ccccc2c1[C@@H]1CC=Cc2ccccc21)=Nc1ccc2ccccc2c1-c1c(O)ccc2ccccc12. The lowest BCUT2D eigenvalue weighted by Crippen LogP contribution is -2.19. The van der Waals surface area contributed by atoms with Gasteiger partial charge in [0.15, 0.2) is 0 Å². The molecular formula is C50H50N2O. The first-order chi connectivity index (χ1) is 26.0. The van der Waals surface area contributed by atoms with E-state index in [0.717, 1.165) is 56.2 Å². The van der Waals surface area contributed by atoms with E-state index in [1.807, 2.05) is 45.9 Å². The van der Waals surface area contributed by atoms with Gasteiger partial charge in [-0.3, -0.25) is 4.99 Å². The minimum absolute atomic E-state index is 0.249. The zero-order valence-electron chi connectivity index (χ0n) is 32.1. The summed E-state index contributed by atoms with van der Waals surface area (Å²) in [5, 5.41) is 18.1. The fraction of sp³-hybridized carbons (Fsp3) is 0.180. The summed E-state index contributed by atoms with van der Waals surface area (Å²) < 4.78 is 0. The predicted molar refractivity (Wildman–Crippen MR) is 232 cm³/mol. The molecule has 0 saturated heterocycles. The molecule has 7 aromatic carbocycles. The van der Waals surface area contributed by atoms with Crippen LogP contribution in [-0.2, 0) is 0 Å². The van der Waals surface area contributed by atoms with Crippen molar-refractivity contribution in [2.24, 2.45) is 4.99 Å². The molecule has 0 unspecified atom stereocenters. The quantitative estimate of drug-likeness (QED) is 0.176. The van der Waals surface area contributed by atoms with Crippen LogP contribution in [0.3, 0.4) is 0 Å². The molecule has 0 fully saturated rings. The molecule has 1 atom stereocenters. The third-order valence-electron chi connectivity index (χ3n) is 10.0. The van der Waals surface area contributed by atoms with Gasteiger partial charge in [-0.1, -0.05) is 155 Å². The Balaban J connectivity index is 0.00000116. The van der Waals surface area contributed by atoms with Gasteiger partial charge in [-0.15, -0.1) is 0 Å². The molecule has 1 aliphatic carbocycles.